The van der Waals surface area contributed by atoms with Gasteiger partial charge in [-0.2, -0.15) is 0 Å². The Hall–Kier alpha value is -3.16. The summed E-state index contributed by atoms with van der Waals surface area (Å²) in [7, 11) is 0. The average Bonchev–Trinajstić information content (AvgIpc) is 2.68. The van der Waals surface area contributed by atoms with Gasteiger partial charge in [0.2, 0.25) is 0 Å². The van der Waals surface area contributed by atoms with Gasteiger partial charge < -0.3 is 19.9 Å². The van der Waals surface area contributed by atoms with Gasteiger partial charge in [-0.15, -0.1) is 0 Å². The van der Waals surface area contributed by atoms with Gasteiger partial charge in [0.15, 0.2) is 0 Å². The van der Waals surface area contributed by atoms with E-state index in [4.69, 9.17) is 4.74 Å². The molecule has 1 saturated heterocycles. The van der Waals surface area contributed by atoms with Crippen molar-refractivity contribution in [2.45, 2.75) is 6.92 Å². The van der Waals surface area contributed by atoms with E-state index in [0.29, 0.717) is 44.0 Å². The predicted molar refractivity (Wildman–Crippen MR) is 99.4 cm³/mol. The van der Waals surface area contributed by atoms with E-state index in [-0.39, 0.29) is 12.0 Å². The van der Waals surface area contributed by atoms with E-state index < -0.39 is 5.82 Å². The molecule has 27 heavy (non-hydrogen) atoms. The van der Waals surface area contributed by atoms with E-state index in [1.165, 1.54) is 24.4 Å². The Morgan fingerprint density at radius 2 is 1.96 bits per heavy atom. The molecule has 1 aromatic heterocycles. The molecule has 8 heteroatoms. The van der Waals surface area contributed by atoms with Crippen LogP contribution in [0.25, 0.3) is 0 Å². The molecule has 0 radical (unpaired) electrons. The van der Waals surface area contributed by atoms with Crippen LogP contribution in [-0.2, 0) is 4.74 Å². The van der Waals surface area contributed by atoms with Crippen LogP contribution in [0, 0.1) is 5.82 Å². The summed E-state index contributed by atoms with van der Waals surface area (Å²) in [5.41, 5.74) is 1.56. The van der Waals surface area contributed by atoms with Crippen LogP contribution in [0.2, 0.25) is 0 Å². The minimum Gasteiger partial charge on any atom is -0.450 e. The molecule has 0 unspecified atom stereocenters. The van der Waals surface area contributed by atoms with Crippen LogP contribution in [0.3, 0.4) is 0 Å². The summed E-state index contributed by atoms with van der Waals surface area (Å²) >= 11 is 0. The van der Waals surface area contributed by atoms with Crippen LogP contribution >= 0.6 is 0 Å². The molecule has 2 amide bonds. The van der Waals surface area contributed by atoms with Gasteiger partial charge in [0.1, 0.15) is 5.82 Å². The molecule has 142 valence electrons. The number of hydrogen-bond donors (Lipinski definition) is 1. The number of amides is 2. The molecule has 1 aromatic carbocycles. The van der Waals surface area contributed by atoms with E-state index in [1.54, 1.807) is 30.2 Å². The number of nitrogens with zero attached hydrogens (tertiary/aromatic N) is 3. The van der Waals surface area contributed by atoms with Gasteiger partial charge >= 0.3 is 6.09 Å². The monoisotopic (exact) mass is 372 g/mol. The predicted octanol–water partition coefficient (Wildman–Crippen LogP) is 2.75. The van der Waals surface area contributed by atoms with Crippen molar-refractivity contribution in [3.05, 3.63) is 54.1 Å². The zero-order chi connectivity index (χ0) is 19.2. The highest BCUT2D eigenvalue weighted by molar-refractivity contribution is 6.04. The number of ether oxygens (including phenoxy) is 1. The number of pyridine rings is 1. The van der Waals surface area contributed by atoms with Gasteiger partial charge in [0.25, 0.3) is 5.91 Å². The zero-order valence-corrected chi connectivity index (χ0v) is 15.0. The Labute approximate surface area is 156 Å². The Kier molecular flexibility index (Phi) is 5.85. The SMILES string of the molecule is CCOC(=O)N1CCN(c2cncc(C(=O)Nc3cccc(F)c3)c2)CC1. The Morgan fingerprint density at radius 3 is 2.67 bits per heavy atom. The molecule has 2 heterocycles. The molecule has 0 atom stereocenters. The van der Waals surface area contributed by atoms with Gasteiger partial charge in [-0.3, -0.25) is 9.78 Å². The van der Waals surface area contributed by atoms with E-state index in [0.717, 1.165) is 5.69 Å². The second-order valence-corrected chi connectivity index (χ2v) is 6.07. The molecule has 1 aliphatic heterocycles. The van der Waals surface area contributed by atoms with Crippen molar-refractivity contribution < 1.29 is 18.7 Å². The first-order valence-corrected chi connectivity index (χ1v) is 8.75. The number of nitrogens with one attached hydrogen (secondary N) is 1. The molecular weight excluding hydrogens is 351 g/mol. The molecule has 0 bridgehead atoms. The van der Waals surface area contributed by atoms with Gasteiger partial charge in [-0.25, -0.2) is 9.18 Å². The number of piperazine rings is 1. The largest absolute Gasteiger partial charge is 0.450 e. The third-order valence-electron chi connectivity index (χ3n) is 4.24. The molecular formula is C19H21FN4O3. The highest BCUT2D eigenvalue weighted by Crippen LogP contribution is 2.18. The summed E-state index contributed by atoms with van der Waals surface area (Å²) in [6.07, 6.45) is 2.84. The number of hydrogen-bond acceptors (Lipinski definition) is 5. The minimum atomic E-state index is -0.417. The third-order valence-corrected chi connectivity index (χ3v) is 4.24. The lowest BCUT2D eigenvalue weighted by Gasteiger charge is -2.35. The average molecular weight is 372 g/mol. The Morgan fingerprint density at radius 1 is 1.19 bits per heavy atom. The lowest BCUT2D eigenvalue weighted by molar-refractivity contribution is 0.102. The summed E-state index contributed by atoms with van der Waals surface area (Å²) < 4.78 is 18.3. The number of anilines is 2. The molecule has 3 rings (SSSR count). The van der Waals surface area contributed by atoms with Crippen LogP contribution < -0.4 is 10.2 Å². The zero-order valence-electron chi connectivity index (χ0n) is 15.0. The summed E-state index contributed by atoms with van der Waals surface area (Å²) in [5, 5.41) is 2.66. The summed E-state index contributed by atoms with van der Waals surface area (Å²) in [5.74, 6) is -0.778. The van der Waals surface area contributed by atoms with Crippen LogP contribution in [0.4, 0.5) is 20.6 Å². The highest BCUT2D eigenvalue weighted by Gasteiger charge is 2.22. The van der Waals surface area contributed by atoms with Crippen molar-refractivity contribution in [1.29, 1.82) is 0 Å². The normalized spacial score (nSPS) is 14.0. The topological polar surface area (TPSA) is 74.8 Å². The fourth-order valence-electron chi connectivity index (χ4n) is 2.86. The van der Waals surface area contributed by atoms with Gasteiger partial charge in [-0.1, -0.05) is 6.07 Å². The summed E-state index contributed by atoms with van der Waals surface area (Å²) in [6, 6.07) is 7.45. The van der Waals surface area contributed by atoms with Crippen molar-refractivity contribution in [2.75, 3.05) is 43.0 Å². The minimum absolute atomic E-state index is 0.307. The Bertz CT molecular complexity index is 822. The van der Waals surface area contributed by atoms with Gasteiger partial charge in [0, 0.05) is 38.1 Å². The molecule has 1 aliphatic rings. The van der Waals surface area contributed by atoms with Crippen molar-refractivity contribution in [2.24, 2.45) is 0 Å². The van der Waals surface area contributed by atoms with E-state index in [9.17, 15) is 14.0 Å². The first-order valence-electron chi connectivity index (χ1n) is 8.75. The first kappa shape index (κ1) is 18.6. The number of halogens is 1. The van der Waals surface area contributed by atoms with Crippen molar-refractivity contribution in [1.82, 2.24) is 9.88 Å². The third kappa shape index (κ3) is 4.72. The number of aromatic nitrogens is 1. The Balaban J connectivity index is 1.64. The van der Waals surface area contributed by atoms with Crippen molar-refractivity contribution in [3.63, 3.8) is 0 Å². The van der Waals surface area contributed by atoms with Crippen LogP contribution in [0.1, 0.15) is 17.3 Å². The van der Waals surface area contributed by atoms with Crippen LogP contribution in [0.5, 0.6) is 0 Å². The molecule has 0 spiro atoms. The van der Waals surface area contributed by atoms with Gasteiger partial charge in [0.05, 0.1) is 24.1 Å². The molecule has 1 N–H and O–H groups in total. The maximum absolute atomic E-state index is 13.3. The number of rotatable bonds is 4. The van der Waals surface area contributed by atoms with Gasteiger partial charge in [-0.05, 0) is 31.2 Å². The van der Waals surface area contributed by atoms with Crippen LogP contribution in [-0.4, -0.2) is 54.7 Å². The van der Waals surface area contributed by atoms with E-state index in [2.05, 4.69) is 15.2 Å². The molecule has 1 fully saturated rings. The number of carbonyl (C=O) groups is 2. The smallest absolute Gasteiger partial charge is 0.409 e. The van der Waals surface area contributed by atoms with E-state index >= 15 is 0 Å². The lowest BCUT2D eigenvalue weighted by atomic mass is 10.2. The standard InChI is InChI=1S/C19H21FN4O3/c1-2-27-19(26)24-8-6-23(7-9-24)17-10-14(12-21-13-17)18(25)22-16-5-3-4-15(20)11-16/h3-5,10-13H,2,6-9H2,1H3,(H,22,25). The molecule has 2 aromatic rings. The second-order valence-electron chi connectivity index (χ2n) is 6.07. The van der Waals surface area contributed by atoms with Crippen molar-refractivity contribution in [3.8, 4) is 0 Å². The summed E-state index contributed by atoms with van der Waals surface area (Å²) in [4.78, 5) is 32.0. The fourth-order valence-corrected chi connectivity index (χ4v) is 2.86. The quantitative estimate of drug-likeness (QED) is 0.893. The molecule has 0 aliphatic carbocycles. The maximum atomic E-state index is 13.3. The fraction of sp³-hybridized carbons (Fsp3) is 0.316. The van der Waals surface area contributed by atoms with Crippen LogP contribution in [0.15, 0.2) is 42.7 Å². The lowest BCUT2D eigenvalue weighted by Crippen LogP contribution is -2.49. The summed E-state index contributed by atoms with van der Waals surface area (Å²) in [6.45, 7) is 4.45. The van der Waals surface area contributed by atoms with Crippen molar-refractivity contribution >= 4 is 23.4 Å². The number of carbonyl (C=O) groups excluding carboxylic acids is 2. The highest BCUT2D eigenvalue weighted by atomic mass is 19.1. The number of benzene rings is 1. The van der Waals surface area contributed by atoms with E-state index in [1.807, 2.05) is 0 Å². The molecule has 7 nitrogen and oxygen atoms in total. The maximum Gasteiger partial charge on any atom is 0.409 e. The molecule has 0 saturated carbocycles. The second kappa shape index (κ2) is 8.48. The first-order chi connectivity index (χ1) is 13.1.